The van der Waals surface area contributed by atoms with Crippen LogP contribution in [0.15, 0.2) is 0 Å². The minimum absolute atomic E-state index is 0.250. The van der Waals surface area contributed by atoms with Crippen LogP contribution in [0.1, 0.15) is 27.7 Å². The minimum atomic E-state index is -1.01. The molecule has 0 aromatic rings. The van der Waals surface area contributed by atoms with Gasteiger partial charge in [0, 0.05) is 0 Å². The standard InChI is InChI=1S/C6H14O2.CH2O2/c1-5(2,7)6(3,4)8;2-1-3/h7-8H,1-4H3;1H,(H,2,3). The highest BCUT2D eigenvalue weighted by molar-refractivity contribution is 5.32. The molecule has 4 nitrogen and oxygen atoms in total. The summed E-state index contributed by atoms with van der Waals surface area (Å²) in [4.78, 5) is 8.36. The van der Waals surface area contributed by atoms with E-state index < -0.39 is 11.2 Å². The molecule has 0 radical (unpaired) electrons. The van der Waals surface area contributed by atoms with E-state index in [2.05, 4.69) is 0 Å². The monoisotopic (exact) mass is 164 g/mol. The van der Waals surface area contributed by atoms with Crippen LogP contribution in [0.4, 0.5) is 0 Å². The van der Waals surface area contributed by atoms with Crippen molar-refractivity contribution < 1.29 is 20.1 Å². The van der Waals surface area contributed by atoms with Gasteiger partial charge >= 0.3 is 0 Å². The van der Waals surface area contributed by atoms with Crippen LogP contribution in [0.5, 0.6) is 0 Å². The van der Waals surface area contributed by atoms with Gasteiger partial charge < -0.3 is 15.3 Å². The lowest BCUT2D eigenvalue weighted by Gasteiger charge is -2.31. The first-order chi connectivity index (χ1) is 4.66. The summed E-state index contributed by atoms with van der Waals surface area (Å²) in [7, 11) is 0. The summed E-state index contributed by atoms with van der Waals surface area (Å²) < 4.78 is 0. The number of hydrogen-bond donors (Lipinski definition) is 3. The van der Waals surface area contributed by atoms with Crippen molar-refractivity contribution >= 4 is 6.47 Å². The summed E-state index contributed by atoms with van der Waals surface area (Å²) in [6.07, 6.45) is 0. The molecule has 0 fully saturated rings. The fourth-order valence-corrected chi connectivity index (χ4v) is 0. The Bertz CT molecular complexity index is 94.6. The first-order valence-corrected chi connectivity index (χ1v) is 3.19. The zero-order valence-corrected chi connectivity index (χ0v) is 7.33. The van der Waals surface area contributed by atoms with Crippen LogP contribution in [-0.4, -0.2) is 33.0 Å². The van der Waals surface area contributed by atoms with Gasteiger partial charge in [-0.15, -0.1) is 0 Å². The van der Waals surface area contributed by atoms with Crippen molar-refractivity contribution in [1.82, 2.24) is 0 Å². The SMILES string of the molecule is CC(C)(O)C(C)(C)O.O=CO. The molecule has 0 aromatic heterocycles. The lowest BCUT2D eigenvalue weighted by Crippen LogP contribution is -2.44. The lowest BCUT2D eigenvalue weighted by atomic mass is 9.90. The predicted octanol–water partition coefficient (Wildman–Crippen LogP) is 0.229. The minimum Gasteiger partial charge on any atom is -0.483 e. The van der Waals surface area contributed by atoms with Gasteiger partial charge in [0.25, 0.3) is 6.47 Å². The molecule has 0 aliphatic heterocycles. The van der Waals surface area contributed by atoms with Crippen molar-refractivity contribution in [3.63, 3.8) is 0 Å². The van der Waals surface area contributed by atoms with Gasteiger partial charge in [-0.1, -0.05) is 0 Å². The van der Waals surface area contributed by atoms with Crippen LogP contribution in [0.25, 0.3) is 0 Å². The molecule has 68 valence electrons. The van der Waals surface area contributed by atoms with Crippen LogP contribution < -0.4 is 0 Å². The molecule has 0 heterocycles. The highest BCUT2D eigenvalue weighted by Crippen LogP contribution is 2.19. The summed E-state index contributed by atoms with van der Waals surface area (Å²) in [6.45, 7) is 6.06. The maximum Gasteiger partial charge on any atom is 0.290 e. The molecular formula is C7H16O4. The molecule has 0 unspecified atom stereocenters. The van der Waals surface area contributed by atoms with Crippen molar-refractivity contribution in [2.24, 2.45) is 0 Å². The van der Waals surface area contributed by atoms with E-state index in [-0.39, 0.29) is 6.47 Å². The van der Waals surface area contributed by atoms with Gasteiger partial charge in [-0.2, -0.15) is 0 Å². The lowest BCUT2D eigenvalue weighted by molar-refractivity contribution is -0.122. The summed E-state index contributed by atoms with van der Waals surface area (Å²) in [6, 6.07) is 0. The quantitative estimate of drug-likeness (QED) is 0.485. The maximum atomic E-state index is 9.10. The molecule has 0 aromatic carbocycles. The van der Waals surface area contributed by atoms with Crippen molar-refractivity contribution in [2.45, 2.75) is 38.9 Å². The smallest absolute Gasteiger partial charge is 0.290 e. The van der Waals surface area contributed by atoms with Gasteiger partial charge in [0.05, 0.1) is 11.2 Å². The maximum absolute atomic E-state index is 9.10. The first-order valence-electron chi connectivity index (χ1n) is 3.19. The van der Waals surface area contributed by atoms with E-state index in [9.17, 15) is 0 Å². The van der Waals surface area contributed by atoms with Crippen molar-refractivity contribution in [1.29, 1.82) is 0 Å². The van der Waals surface area contributed by atoms with Gasteiger partial charge in [-0.25, -0.2) is 0 Å². The largest absolute Gasteiger partial charge is 0.483 e. The van der Waals surface area contributed by atoms with E-state index in [0.29, 0.717) is 0 Å². The predicted molar refractivity (Wildman–Crippen MR) is 41.3 cm³/mol. The molecule has 4 heteroatoms. The topological polar surface area (TPSA) is 77.8 Å². The Morgan fingerprint density at radius 2 is 1.09 bits per heavy atom. The molecule has 11 heavy (non-hydrogen) atoms. The van der Waals surface area contributed by atoms with Crippen molar-refractivity contribution in [3.8, 4) is 0 Å². The van der Waals surface area contributed by atoms with Crippen LogP contribution in [0, 0.1) is 0 Å². The van der Waals surface area contributed by atoms with Crippen LogP contribution in [0.2, 0.25) is 0 Å². The second-order valence-electron chi connectivity index (χ2n) is 3.22. The molecule has 0 aliphatic carbocycles. The zero-order chi connectivity index (χ0) is 9.71. The van der Waals surface area contributed by atoms with Gasteiger partial charge in [0.15, 0.2) is 0 Å². The molecule has 3 N–H and O–H groups in total. The normalized spacial score (nSPS) is 11.5. The van der Waals surface area contributed by atoms with E-state index in [0.717, 1.165) is 0 Å². The Kier molecular flexibility index (Phi) is 5.09. The summed E-state index contributed by atoms with van der Waals surface area (Å²) in [5.74, 6) is 0. The van der Waals surface area contributed by atoms with Crippen molar-refractivity contribution in [3.05, 3.63) is 0 Å². The van der Waals surface area contributed by atoms with E-state index >= 15 is 0 Å². The summed E-state index contributed by atoms with van der Waals surface area (Å²) in [5.41, 5.74) is -2.01. The van der Waals surface area contributed by atoms with Crippen LogP contribution in [-0.2, 0) is 4.79 Å². The zero-order valence-electron chi connectivity index (χ0n) is 7.33. The third-order valence-electron chi connectivity index (χ3n) is 1.50. The average Bonchev–Trinajstić information content (AvgIpc) is 1.60. The number of hydrogen-bond acceptors (Lipinski definition) is 3. The molecule has 0 aliphatic rings. The van der Waals surface area contributed by atoms with E-state index in [4.69, 9.17) is 20.1 Å². The van der Waals surface area contributed by atoms with Gasteiger partial charge in [0.2, 0.25) is 0 Å². The number of rotatable bonds is 1. The highest BCUT2D eigenvalue weighted by atomic mass is 16.4. The third-order valence-corrected chi connectivity index (χ3v) is 1.50. The van der Waals surface area contributed by atoms with Gasteiger partial charge in [-0.3, -0.25) is 4.79 Å². The molecule has 0 saturated heterocycles. The highest BCUT2D eigenvalue weighted by Gasteiger charge is 2.31. The number of carboxylic acid groups (broad SMARTS) is 1. The Hall–Kier alpha value is -0.610. The fraction of sp³-hybridized carbons (Fsp3) is 0.857. The van der Waals surface area contributed by atoms with E-state index in [1.807, 2.05) is 0 Å². The Balaban J connectivity index is 0. The fourth-order valence-electron chi connectivity index (χ4n) is 0. The van der Waals surface area contributed by atoms with E-state index in [1.54, 1.807) is 27.7 Å². The molecule has 0 atom stereocenters. The molecular weight excluding hydrogens is 148 g/mol. The summed E-state index contributed by atoms with van der Waals surface area (Å²) in [5, 5.41) is 25.1. The Morgan fingerprint density at radius 3 is 1.09 bits per heavy atom. The molecule has 0 saturated carbocycles. The number of carbonyl (C=O) groups is 1. The van der Waals surface area contributed by atoms with E-state index in [1.165, 1.54) is 0 Å². The average molecular weight is 164 g/mol. The molecule has 0 amide bonds. The molecule has 0 rings (SSSR count). The van der Waals surface area contributed by atoms with Crippen molar-refractivity contribution in [2.75, 3.05) is 0 Å². The second kappa shape index (κ2) is 4.31. The van der Waals surface area contributed by atoms with Gasteiger partial charge in [-0.05, 0) is 27.7 Å². The Morgan fingerprint density at radius 1 is 1.00 bits per heavy atom. The van der Waals surface area contributed by atoms with Crippen LogP contribution in [0.3, 0.4) is 0 Å². The third kappa shape index (κ3) is 7.29. The Labute approximate surface area is 66.5 Å². The second-order valence-corrected chi connectivity index (χ2v) is 3.22. The number of aliphatic hydroxyl groups is 2. The van der Waals surface area contributed by atoms with Crippen LogP contribution >= 0.6 is 0 Å². The first kappa shape index (κ1) is 13.0. The molecule has 0 spiro atoms. The molecule has 0 bridgehead atoms. The summed E-state index contributed by atoms with van der Waals surface area (Å²) >= 11 is 0. The van der Waals surface area contributed by atoms with Gasteiger partial charge in [0.1, 0.15) is 0 Å².